The molecule has 1 aromatic heterocycles. The van der Waals surface area contributed by atoms with E-state index in [9.17, 15) is 22.8 Å². The monoisotopic (exact) mass is 395 g/mol. The summed E-state index contributed by atoms with van der Waals surface area (Å²) in [5.41, 5.74) is -0.978. The van der Waals surface area contributed by atoms with Gasteiger partial charge >= 0.3 is 6.18 Å². The lowest BCUT2D eigenvalue weighted by Gasteiger charge is -2.35. The van der Waals surface area contributed by atoms with E-state index in [1.54, 1.807) is 23.2 Å². The summed E-state index contributed by atoms with van der Waals surface area (Å²) >= 11 is 5.10. The van der Waals surface area contributed by atoms with Gasteiger partial charge in [0.2, 0.25) is 0 Å². The minimum Gasteiger partial charge on any atom is -0.352 e. The molecule has 1 N–H and O–H groups in total. The van der Waals surface area contributed by atoms with Gasteiger partial charge in [-0.3, -0.25) is 9.59 Å². The van der Waals surface area contributed by atoms with Gasteiger partial charge in [-0.1, -0.05) is 24.4 Å². The van der Waals surface area contributed by atoms with E-state index < -0.39 is 17.6 Å². The van der Waals surface area contributed by atoms with Gasteiger partial charge in [0.05, 0.1) is 16.7 Å². The van der Waals surface area contributed by atoms with Crippen molar-refractivity contribution in [1.82, 2.24) is 14.8 Å². The molecule has 0 atom stereocenters. The number of nitrogens with one attached hydrogen (secondary N) is 1. The second kappa shape index (κ2) is 7.51. The first kappa shape index (κ1) is 19.1. The number of H-pyrrole nitrogens is 1. The van der Waals surface area contributed by atoms with E-state index in [0.29, 0.717) is 10.2 Å². The average molecular weight is 395 g/mol. The van der Waals surface area contributed by atoms with Gasteiger partial charge in [0.1, 0.15) is 4.64 Å². The average Bonchev–Trinajstić information content (AvgIpc) is 2.67. The molecule has 1 aliphatic heterocycles. The molecule has 5 nitrogen and oxygen atoms in total. The summed E-state index contributed by atoms with van der Waals surface area (Å²) in [6, 6.07) is 7.99. The Hall–Kier alpha value is -2.68. The lowest BCUT2D eigenvalue weighted by atomic mass is 10.1. The molecule has 0 bridgehead atoms. The van der Waals surface area contributed by atoms with Gasteiger partial charge in [-0.05, 0) is 24.3 Å². The summed E-state index contributed by atoms with van der Waals surface area (Å²) in [5, 5.41) is 0. The predicted molar refractivity (Wildman–Crippen MR) is 94.9 cm³/mol. The standard InChI is InChI=1S/C18H16F3N3O2S/c19-18(20,21)14-6-2-1-4-12(14)16(25)23-8-10-24(11-9-23)17(26)13-5-3-7-22-15(13)27/h1-7H,8-11H2,(H,22,27). The van der Waals surface area contributed by atoms with Crippen molar-refractivity contribution < 1.29 is 22.8 Å². The van der Waals surface area contributed by atoms with Crippen LogP contribution in [-0.4, -0.2) is 52.8 Å². The molecule has 2 heterocycles. The molecule has 142 valence electrons. The largest absolute Gasteiger partial charge is 0.417 e. The number of rotatable bonds is 2. The molecule has 27 heavy (non-hydrogen) atoms. The van der Waals surface area contributed by atoms with Gasteiger partial charge in [0.25, 0.3) is 11.8 Å². The van der Waals surface area contributed by atoms with E-state index in [1.807, 2.05) is 0 Å². The second-order valence-corrected chi connectivity index (χ2v) is 6.45. The topological polar surface area (TPSA) is 56.4 Å². The number of pyridine rings is 1. The van der Waals surface area contributed by atoms with Crippen molar-refractivity contribution in [3.05, 3.63) is 63.9 Å². The second-order valence-electron chi connectivity index (χ2n) is 6.04. The van der Waals surface area contributed by atoms with Crippen molar-refractivity contribution in [2.24, 2.45) is 0 Å². The molecule has 0 saturated carbocycles. The van der Waals surface area contributed by atoms with Gasteiger partial charge in [0, 0.05) is 32.4 Å². The summed E-state index contributed by atoms with van der Waals surface area (Å²) < 4.78 is 39.7. The first-order chi connectivity index (χ1) is 12.8. The first-order valence-electron chi connectivity index (χ1n) is 8.21. The van der Waals surface area contributed by atoms with Crippen molar-refractivity contribution in [3.8, 4) is 0 Å². The van der Waals surface area contributed by atoms with E-state index in [0.717, 1.165) is 6.07 Å². The Labute approximate surface area is 158 Å². The molecule has 0 spiro atoms. The fraction of sp³-hybridized carbons (Fsp3) is 0.278. The van der Waals surface area contributed by atoms with Crippen LogP contribution in [0.5, 0.6) is 0 Å². The van der Waals surface area contributed by atoms with Crippen LogP contribution in [-0.2, 0) is 6.18 Å². The third kappa shape index (κ3) is 4.02. The number of carbonyl (C=O) groups excluding carboxylic acids is 2. The fourth-order valence-electron chi connectivity index (χ4n) is 2.96. The van der Waals surface area contributed by atoms with Crippen LogP contribution >= 0.6 is 12.2 Å². The Bertz CT molecular complexity index is 918. The number of amides is 2. The number of benzene rings is 1. The molecule has 0 unspecified atom stereocenters. The number of aromatic nitrogens is 1. The highest BCUT2D eigenvalue weighted by Crippen LogP contribution is 2.32. The number of hydrogen-bond donors (Lipinski definition) is 1. The number of halogens is 3. The van der Waals surface area contributed by atoms with Gasteiger partial charge in [0.15, 0.2) is 0 Å². The van der Waals surface area contributed by atoms with Gasteiger partial charge in [-0.15, -0.1) is 0 Å². The number of carbonyl (C=O) groups is 2. The number of hydrogen-bond acceptors (Lipinski definition) is 3. The lowest BCUT2D eigenvalue weighted by molar-refractivity contribution is -0.138. The summed E-state index contributed by atoms with van der Waals surface area (Å²) in [6.45, 7) is 0.755. The Morgan fingerprint density at radius 3 is 1.96 bits per heavy atom. The molecule has 1 aromatic carbocycles. The smallest absolute Gasteiger partial charge is 0.352 e. The molecule has 1 fully saturated rings. The summed E-state index contributed by atoms with van der Waals surface area (Å²) in [7, 11) is 0. The molecule has 9 heteroatoms. The highest BCUT2D eigenvalue weighted by atomic mass is 32.1. The van der Waals surface area contributed by atoms with Gasteiger partial charge in [-0.25, -0.2) is 0 Å². The molecule has 0 radical (unpaired) electrons. The van der Waals surface area contributed by atoms with Crippen molar-refractivity contribution in [2.75, 3.05) is 26.2 Å². The third-order valence-electron chi connectivity index (χ3n) is 4.37. The Kier molecular flexibility index (Phi) is 5.31. The zero-order chi connectivity index (χ0) is 19.6. The van der Waals surface area contributed by atoms with E-state index in [2.05, 4.69) is 4.98 Å². The van der Waals surface area contributed by atoms with E-state index in [-0.39, 0.29) is 37.6 Å². The maximum absolute atomic E-state index is 13.1. The predicted octanol–water partition coefficient (Wildman–Crippen LogP) is 3.36. The number of nitrogens with zero attached hydrogens (tertiary/aromatic N) is 2. The number of piperazine rings is 1. The Morgan fingerprint density at radius 2 is 1.41 bits per heavy atom. The zero-order valence-electron chi connectivity index (χ0n) is 14.1. The minimum atomic E-state index is -4.60. The van der Waals surface area contributed by atoms with Crippen LogP contribution in [0.25, 0.3) is 0 Å². The highest BCUT2D eigenvalue weighted by Gasteiger charge is 2.36. The SMILES string of the molecule is O=C(c1ccccc1C(F)(F)F)N1CCN(C(=O)c2ccc[nH]c2=S)CC1. The molecular weight excluding hydrogens is 379 g/mol. The van der Waals surface area contributed by atoms with E-state index >= 15 is 0 Å². The molecule has 2 aromatic rings. The van der Waals surface area contributed by atoms with Crippen molar-refractivity contribution in [3.63, 3.8) is 0 Å². The van der Waals surface area contributed by atoms with Crippen LogP contribution in [0.1, 0.15) is 26.3 Å². The lowest BCUT2D eigenvalue weighted by Crippen LogP contribution is -2.50. The summed E-state index contributed by atoms with van der Waals surface area (Å²) in [6.07, 6.45) is -2.98. The summed E-state index contributed by atoms with van der Waals surface area (Å²) in [5.74, 6) is -0.952. The van der Waals surface area contributed by atoms with Crippen molar-refractivity contribution in [2.45, 2.75) is 6.18 Å². The fourth-order valence-corrected chi connectivity index (χ4v) is 3.18. The van der Waals surface area contributed by atoms with Crippen LogP contribution < -0.4 is 0 Å². The normalized spacial score (nSPS) is 14.9. The Morgan fingerprint density at radius 1 is 0.889 bits per heavy atom. The van der Waals surface area contributed by atoms with Crippen molar-refractivity contribution in [1.29, 1.82) is 0 Å². The van der Waals surface area contributed by atoms with Crippen LogP contribution in [0.15, 0.2) is 42.6 Å². The zero-order valence-corrected chi connectivity index (χ0v) is 14.9. The molecule has 3 rings (SSSR count). The Balaban J connectivity index is 1.72. The van der Waals surface area contributed by atoms with Crippen LogP contribution in [0.4, 0.5) is 13.2 Å². The third-order valence-corrected chi connectivity index (χ3v) is 4.70. The molecule has 1 saturated heterocycles. The molecular formula is C18H16F3N3O2S. The van der Waals surface area contributed by atoms with Gasteiger partial charge in [-0.2, -0.15) is 13.2 Å². The van der Waals surface area contributed by atoms with E-state index in [4.69, 9.17) is 12.2 Å². The van der Waals surface area contributed by atoms with Crippen LogP contribution in [0.2, 0.25) is 0 Å². The van der Waals surface area contributed by atoms with Crippen LogP contribution in [0.3, 0.4) is 0 Å². The highest BCUT2D eigenvalue weighted by molar-refractivity contribution is 7.71. The van der Waals surface area contributed by atoms with Crippen molar-refractivity contribution >= 4 is 24.0 Å². The van der Waals surface area contributed by atoms with Crippen LogP contribution in [0, 0.1) is 4.64 Å². The quantitative estimate of drug-likeness (QED) is 0.794. The minimum absolute atomic E-state index is 0.153. The number of aromatic amines is 1. The van der Waals surface area contributed by atoms with E-state index in [1.165, 1.54) is 23.1 Å². The summed E-state index contributed by atoms with van der Waals surface area (Å²) in [4.78, 5) is 30.8. The number of alkyl halides is 3. The molecule has 2 amide bonds. The molecule has 0 aliphatic carbocycles. The maximum Gasteiger partial charge on any atom is 0.417 e. The first-order valence-corrected chi connectivity index (χ1v) is 8.62. The van der Waals surface area contributed by atoms with Gasteiger partial charge < -0.3 is 14.8 Å². The molecule has 1 aliphatic rings. The maximum atomic E-state index is 13.1.